The smallest absolute Gasteiger partial charge is 0.0456 e. The van der Waals surface area contributed by atoms with E-state index in [2.05, 4.69) is 36.3 Å². The molecule has 2 aromatic rings. The Hall–Kier alpha value is -1.28. The summed E-state index contributed by atoms with van der Waals surface area (Å²) in [7, 11) is 0. The lowest BCUT2D eigenvalue weighted by Gasteiger charge is -2.14. The molecule has 1 aromatic heterocycles. The van der Waals surface area contributed by atoms with Crippen molar-refractivity contribution in [2.75, 3.05) is 0 Å². The van der Waals surface area contributed by atoms with Gasteiger partial charge in [0.2, 0.25) is 0 Å². The zero-order valence-corrected chi connectivity index (χ0v) is 11.1. The molecule has 3 N–H and O–H groups in total. The second-order valence-corrected chi connectivity index (χ2v) is 5.61. The van der Waals surface area contributed by atoms with Crippen molar-refractivity contribution in [3.8, 4) is 0 Å². The maximum Gasteiger partial charge on any atom is 0.0456 e. The maximum atomic E-state index is 6.19. The molecule has 2 atom stereocenters. The third kappa shape index (κ3) is 2.05. The fourth-order valence-electron chi connectivity index (χ4n) is 3.22. The van der Waals surface area contributed by atoms with Crippen molar-refractivity contribution in [3.05, 3.63) is 35.5 Å². The van der Waals surface area contributed by atoms with Crippen molar-refractivity contribution in [3.63, 3.8) is 0 Å². The van der Waals surface area contributed by atoms with Crippen LogP contribution in [0, 0.1) is 5.92 Å². The minimum absolute atomic E-state index is 0.407. The van der Waals surface area contributed by atoms with Gasteiger partial charge in [-0.3, -0.25) is 0 Å². The first-order chi connectivity index (χ1) is 8.78. The van der Waals surface area contributed by atoms with Crippen LogP contribution in [0.1, 0.15) is 37.3 Å². The summed E-state index contributed by atoms with van der Waals surface area (Å²) in [5, 5.41) is 1.40. The second kappa shape index (κ2) is 4.77. The van der Waals surface area contributed by atoms with E-state index in [1.54, 1.807) is 0 Å². The van der Waals surface area contributed by atoms with Crippen LogP contribution in [-0.2, 0) is 12.8 Å². The molecule has 1 aliphatic rings. The number of hydrogen-bond donors (Lipinski definition) is 2. The van der Waals surface area contributed by atoms with Crippen molar-refractivity contribution in [1.29, 1.82) is 0 Å². The molecular formula is C16H22N2. The molecule has 0 spiro atoms. The molecule has 1 aliphatic carbocycles. The largest absolute Gasteiger partial charge is 0.361 e. The highest BCUT2D eigenvalue weighted by molar-refractivity contribution is 5.83. The number of H-pyrrole nitrogens is 1. The number of aryl methyl sites for hydroxylation is 1. The predicted molar refractivity (Wildman–Crippen MR) is 76.7 cm³/mol. The first-order valence-corrected chi connectivity index (χ1v) is 7.12. The fourth-order valence-corrected chi connectivity index (χ4v) is 3.22. The van der Waals surface area contributed by atoms with Gasteiger partial charge in [-0.1, -0.05) is 19.4 Å². The van der Waals surface area contributed by atoms with E-state index in [-0.39, 0.29) is 0 Å². The Balaban J connectivity index is 1.91. The number of aromatic amines is 1. The number of fused-ring (bicyclic) bond motifs is 1. The normalized spacial score (nSPS) is 23.9. The Morgan fingerprint density at radius 3 is 2.94 bits per heavy atom. The standard InChI is InChI=1S/C16H22N2/c1-2-11-6-7-16-14(8-11)13(10-18-16)9-12-4-3-5-15(12)17/h6-8,10,12,15,18H,2-5,9,17H2,1H3. The van der Waals surface area contributed by atoms with E-state index in [1.165, 1.54) is 41.3 Å². The van der Waals surface area contributed by atoms with Crippen molar-refractivity contribution < 1.29 is 0 Å². The van der Waals surface area contributed by atoms with E-state index in [4.69, 9.17) is 5.73 Å². The molecule has 2 nitrogen and oxygen atoms in total. The van der Waals surface area contributed by atoms with Crippen molar-refractivity contribution in [2.24, 2.45) is 11.7 Å². The van der Waals surface area contributed by atoms with Gasteiger partial charge in [0.25, 0.3) is 0 Å². The quantitative estimate of drug-likeness (QED) is 0.851. The van der Waals surface area contributed by atoms with E-state index in [9.17, 15) is 0 Å². The van der Waals surface area contributed by atoms with Crippen LogP contribution in [0.2, 0.25) is 0 Å². The molecule has 2 heteroatoms. The Kier molecular flexibility index (Phi) is 3.13. The number of hydrogen-bond acceptors (Lipinski definition) is 1. The average Bonchev–Trinajstić information content (AvgIpc) is 2.97. The lowest BCUT2D eigenvalue weighted by Crippen LogP contribution is -2.25. The van der Waals surface area contributed by atoms with Gasteiger partial charge in [-0.25, -0.2) is 0 Å². The minimum atomic E-state index is 0.407. The van der Waals surface area contributed by atoms with Crippen LogP contribution in [0.15, 0.2) is 24.4 Å². The first kappa shape index (κ1) is 11.8. The number of nitrogens with one attached hydrogen (secondary N) is 1. The van der Waals surface area contributed by atoms with E-state index >= 15 is 0 Å². The summed E-state index contributed by atoms with van der Waals surface area (Å²) in [4.78, 5) is 3.39. The van der Waals surface area contributed by atoms with Crippen LogP contribution in [0.4, 0.5) is 0 Å². The molecule has 0 aliphatic heterocycles. The Morgan fingerprint density at radius 2 is 2.22 bits per heavy atom. The van der Waals surface area contributed by atoms with Gasteiger partial charge < -0.3 is 10.7 Å². The average molecular weight is 242 g/mol. The van der Waals surface area contributed by atoms with Gasteiger partial charge in [-0.05, 0) is 54.9 Å². The fraction of sp³-hybridized carbons (Fsp3) is 0.500. The van der Waals surface area contributed by atoms with E-state index < -0.39 is 0 Å². The highest BCUT2D eigenvalue weighted by Crippen LogP contribution is 2.30. The highest BCUT2D eigenvalue weighted by Gasteiger charge is 2.24. The lowest BCUT2D eigenvalue weighted by molar-refractivity contribution is 0.480. The predicted octanol–water partition coefficient (Wildman–Crippen LogP) is 3.40. The summed E-state index contributed by atoms with van der Waals surface area (Å²) in [6.45, 7) is 2.21. The highest BCUT2D eigenvalue weighted by atomic mass is 14.7. The summed E-state index contributed by atoms with van der Waals surface area (Å²) in [5.74, 6) is 0.675. The molecule has 0 saturated heterocycles. The van der Waals surface area contributed by atoms with Crippen LogP contribution in [0.3, 0.4) is 0 Å². The van der Waals surface area contributed by atoms with Crippen molar-refractivity contribution in [2.45, 2.75) is 45.1 Å². The lowest BCUT2D eigenvalue weighted by atomic mass is 9.94. The van der Waals surface area contributed by atoms with Crippen molar-refractivity contribution >= 4 is 10.9 Å². The van der Waals surface area contributed by atoms with Gasteiger partial charge in [0.05, 0.1) is 0 Å². The number of benzene rings is 1. The molecule has 1 aromatic carbocycles. The Morgan fingerprint density at radius 1 is 1.33 bits per heavy atom. The van der Waals surface area contributed by atoms with Crippen LogP contribution in [0.25, 0.3) is 10.9 Å². The minimum Gasteiger partial charge on any atom is -0.361 e. The van der Waals surface area contributed by atoms with E-state index in [0.717, 1.165) is 12.8 Å². The molecule has 1 fully saturated rings. The summed E-state index contributed by atoms with van der Waals surface area (Å²) in [5.41, 5.74) is 10.3. The zero-order chi connectivity index (χ0) is 12.5. The van der Waals surface area contributed by atoms with Crippen LogP contribution in [-0.4, -0.2) is 11.0 Å². The summed E-state index contributed by atoms with van der Waals surface area (Å²) in [6.07, 6.45) is 8.20. The topological polar surface area (TPSA) is 41.8 Å². The molecular weight excluding hydrogens is 220 g/mol. The first-order valence-electron chi connectivity index (χ1n) is 7.12. The van der Waals surface area contributed by atoms with Crippen LogP contribution in [0.5, 0.6) is 0 Å². The SMILES string of the molecule is CCc1ccc2[nH]cc(CC3CCCC3N)c2c1. The molecule has 1 saturated carbocycles. The summed E-state index contributed by atoms with van der Waals surface area (Å²) in [6, 6.07) is 7.15. The Labute approximate surface area is 109 Å². The van der Waals surface area contributed by atoms with E-state index in [0.29, 0.717) is 12.0 Å². The van der Waals surface area contributed by atoms with Crippen molar-refractivity contribution in [1.82, 2.24) is 4.98 Å². The molecule has 3 rings (SSSR count). The summed E-state index contributed by atoms with van der Waals surface area (Å²) < 4.78 is 0. The third-order valence-corrected chi connectivity index (χ3v) is 4.44. The molecule has 0 bridgehead atoms. The van der Waals surface area contributed by atoms with Gasteiger partial charge in [-0.2, -0.15) is 0 Å². The number of nitrogens with two attached hydrogens (primary N) is 1. The van der Waals surface area contributed by atoms with Gasteiger partial charge in [0.15, 0.2) is 0 Å². The van der Waals surface area contributed by atoms with Crippen LogP contribution < -0.4 is 5.73 Å². The number of aromatic nitrogens is 1. The van der Waals surface area contributed by atoms with Gasteiger partial charge in [0, 0.05) is 23.1 Å². The zero-order valence-electron chi connectivity index (χ0n) is 11.1. The molecule has 18 heavy (non-hydrogen) atoms. The second-order valence-electron chi connectivity index (χ2n) is 5.61. The molecule has 0 radical (unpaired) electrons. The van der Waals surface area contributed by atoms with Gasteiger partial charge in [-0.15, -0.1) is 0 Å². The van der Waals surface area contributed by atoms with Gasteiger partial charge in [0.1, 0.15) is 0 Å². The van der Waals surface area contributed by atoms with Gasteiger partial charge >= 0.3 is 0 Å². The maximum absolute atomic E-state index is 6.19. The van der Waals surface area contributed by atoms with Crippen LogP contribution >= 0.6 is 0 Å². The molecule has 0 amide bonds. The molecule has 1 heterocycles. The van der Waals surface area contributed by atoms with E-state index in [1.807, 2.05) is 0 Å². The monoisotopic (exact) mass is 242 g/mol. The number of rotatable bonds is 3. The third-order valence-electron chi connectivity index (χ3n) is 4.44. The molecule has 96 valence electrons. The summed E-state index contributed by atoms with van der Waals surface area (Å²) >= 11 is 0. The molecule has 2 unspecified atom stereocenters. The Bertz CT molecular complexity index is 541.